The van der Waals surface area contributed by atoms with Gasteiger partial charge in [0.15, 0.2) is 0 Å². The highest BCUT2D eigenvalue weighted by molar-refractivity contribution is 6.30. The molecule has 1 aromatic rings. The number of benzene rings is 1. The molecule has 0 radical (unpaired) electrons. The Morgan fingerprint density at radius 1 is 1.33 bits per heavy atom. The quantitative estimate of drug-likeness (QED) is 0.784. The van der Waals surface area contributed by atoms with E-state index < -0.39 is 0 Å². The number of morpholine rings is 1. The SMILES string of the molecule is O=C(CCc1cccc(Cl)c1)NCCCN1CCOCC1. The molecule has 5 heteroatoms. The third kappa shape index (κ3) is 6.46. The first-order valence-corrected chi connectivity index (χ1v) is 7.93. The highest BCUT2D eigenvalue weighted by Crippen LogP contribution is 2.12. The Morgan fingerprint density at radius 3 is 2.90 bits per heavy atom. The number of rotatable bonds is 7. The predicted molar refractivity (Wildman–Crippen MR) is 84.7 cm³/mol. The van der Waals surface area contributed by atoms with Crippen molar-refractivity contribution in [2.24, 2.45) is 0 Å². The molecule has 1 aromatic carbocycles. The Morgan fingerprint density at radius 2 is 2.14 bits per heavy atom. The molecule has 0 bridgehead atoms. The van der Waals surface area contributed by atoms with E-state index in [9.17, 15) is 4.79 Å². The van der Waals surface area contributed by atoms with Gasteiger partial charge in [-0.05, 0) is 37.1 Å². The van der Waals surface area contributed by atoms with Gasteiger partial charge in [-0.25, -0.2) is 0 Å². The van der Waals surface area contributed by atoms with Gasteiger partial charge in [0.25, 0.3) is 0 Å². The van der Waals surface area contributed by atoms with Crippen LogP contribution in [0.25, 0.3) is 0 Å². The fourth-order valence-electron chi connectivity index (χ4n) is 2.39. The lowest BCUT2D eigenvalue weighted by Crippen LogP contribution is -2.38. The highest BCUT2D eigenvalue weighted by Gasteiger charge is 2.09. The number of hydrogen-bond donors (Lipinski definition) is 1. The van der Waals surface area contributed by atoms with Crippen molar-refractivity contribution in [2.45, 2.75) is 19.3 Å². The van der Waals surface area contributed by atoms with Crippen LogP contribution in [0, 0.1) is 0 Å². The van der Waals surface area contributed by atoms with E-state index >= 15 is 0 Å². The van der Waals surface area contributed by atoms with Crippen molar-refractivity contribution in [3.63, 3.8) is 0 Å². The zero-order valence-electron chi connectivity index (χ0n) is 12.3. The monoisotopic (exact) mass is 310 g/mol. The summed E-state index contributed by atoms with van der Waals surface area (Å²) in [4.78, 5) is 14.2. The van der Waals surface area contributed by atoms with E-state index in [1.807, 2.05) is 24.3 Å². The Balaban J connectivity index is 1.55. The van der Waals surface area contributed by atoms with Crippen molar-refractivity contribution in [3.05, 3.63) is 34.9 Å². The minimum absolute atomic E-state index is 0.108. The molecule has 0 atom stereocenters. The molecule has 1 saturated heterocycles. The van der Waals surface area contributed by atoms with Crippen molar-refractivity contribution < 1.29 is 9.53 Å². The van der Waals surface area contributed by atoms with Crippen LogP contribution in [0.1, 0.15) is 18.4 Å². The van der Waals surface area contributed by atoms with Crippen LogP contribution in [0.5, 0.6) is 0 Å². The molecule has 2 rings (SSSR count). The van der Waals surface area contributed by atoms with E-state index in [0.29, 0.717) is 6.42 Å². The lowest BCUT2D eigenvalue weighted by atomic mass is 10.1. The fourth-order valence-corrected chi connectivity index (χ4v) is 2.61. The van der Waals surface area contributed by atoms with Gasteiger partial charge in [-0.2, -0.15) is 0 Å². The summed E-state index contributed by atoms with van der Waals surface area (Å²) < 4.78 is 5.31. The van der Waals surface area contributed by atoms with E-state index in [-0.39, 0.29) is 5.91 Å². The standard InChI is InChI=1S/C16H23ClN2O2/c17-15-4-1-3-14(13-15)5-6-16(20)18-7-2-8-19-9-11-21-12-10-19/h1,3-4,13H,2,5-12H2,(H,18,20). The summed E-state index contributed by atoms with van der Waals surface area (Å²) >= 11 is 5.92. The summed E-state index contributed by atoms with van der Waals surface area (Å²) in [7, 11) is 0. The average Bonchev–Trinajstić information content (AvgIpc) is 2.51. The summed E-state index contributed by atoms with van der Waals surface area (Å²) in [6, 6.07) is 7.67. The van der Waals surface area contributed by atoms with E-state index in [1.165, 1.54) is 0 Å². The molecule has 0 saturated carbocycles. The molecular weight excluding hydrogens is 288 g/mol. The minimum Gasteiger partial charge on any atom is -0.379 e. The summed E-state index contributed by atoms with van der Waals surface area (Å²) in [6.07, 6.45) is 2.23. The molecule has 1 N–H and O–H groups in total. The van der Waals surface area contributed by atoms with E-state index in [0.717, 1.165) is 62.8 Å². The molecule has 0 aromatic heterocycles. The maximum Gasteiger partial charge on any atom is 0.220 e. The van der Waals surface area contributed by atoms with Crippen LogP contribution in [0.3, 0.4) is 0 Å². The van der Waals surface area contributed by atoms with E-state index in [4.69, 9.17) is 16.3 Å². The van der Waals surface area contributed by atoms with Gasteiger partial charge in [-0.15, -0.1) is 0 Å². The molecule has 1 heterocycles. The average molecular weight is 311 g/mol. The Bertz CT molecular complexity index is 448. The predicted octanol–water partition coefficient (Wildman–Crippen LogP) is 2.11. The number of carbonyl (C=O) groups excluding carboxylic acids is 1. The minimum atomic E-state index is 0.108. The summed E-state index contributed by atoms with van der Waals surface area (Å²) in [6.45, 7) is 5.42. The number of hydrogen-bond acceptors (Lipinski definition) is 3. The van der Waals surface area contributed by atoms with Gasteiger partial charge < -0.3 is 10.1 Å². The number of nitrogens with zero attached hydrogens (tertiary/aromatic N) is 1. The second-order valence-corrected chi connectivity index (χ2v) is 5.72. The Labute approximate surface area is 131 Å². The maximum absolute atomic E-state index is 11.8. The zero-order valence-corrected chi connectivity index (χ0v) is 13.1. The molecule has 1 amide bonds. The van der Waals surface area contributed by atoms with Gasteiger partial charge in [0.05, 0.1) is 13.2 Å². The van der Waals surface area contributed by atoms with Crippen LogP contribution in [0.15, 0.2) is 24.3 Å². The Kier molecular flexibility index (Phi) is 7.00. The number of halogens is 1. The molecule has 0 aliphatic carbocycles. The highest BCUT2D eigenvalue weighted by atomic mass is 35.5. The first-order valence-electron chi connectivity index (χ1n) is 7.55. The van der Waals surface area contributed by atoms with Gasteiger partial charge in [-0.1, -0.05) is 23.7 Å². The second kappa shape index (κ2) is 9.03. The molecule has 0 spiro atoms. The molecular formula is C16H23ClN2O2. The number of ether oxygens (including phenoxy) is 1. The van der Waals surface area contributed by atoms with Crippen molar-refractivity contribution in [1.29, 1.82) is 0 Å². The van der Waals surface area contributed by atoms with Crippen LogP contribution >= 0.6 is 11.6 Å². The van der Waals surface area contributed by atoms with Gasteiger partial charge in [0, 0.05) is 31.1 Å². The summed E-state index contributed by atoms with van der Waals surface area (Å²) in [5, 5.41) is 3.70. The van der Waals surface area contributed by atoms with Crippen molar-refractivity contribution in [1.82, 2.24) is 10.2 Å². The van der Waals surface area contributed by atoms with Gasteiger partial charge in [0.2, 0.25) is 5.91 Å². The summed E-state index contributed by atoms with van der Waals surface area (Å²) in [5.74, 6) is 0.108. The molecule has 4 nitrogen and oxygen atoms in total. The van der Waals surface area contributed by atoms with Gasteiger partial charge in [-0.3, -0.25) is 9.69 Å². The first kappa shape index (κ1) is 16.3. The molecule has 21 heavy (non-hydrogen) atoms. The third-order valence-electron chi connectivity index (χ3n) is 3.61. The third-order valence-corrected chi connectivity index (χ3v) is 3.84. The van der Waals surface area contributed by atoms with Crippen molar-refractivity contribution in [3.8, 4) is 0 Å². The van der Waals surface area contributed by atoms with Crippen LogP contribution < -0.4 is 5.32 Å². The van der Waals surface area contributed by atoms with Crippen molar-refractivity contribution in [2.75, 3.05) is 39.4 Å². The van der Waals surface area contributed by atoms with E-state index in [2.05, 4.69) is 10.2 Å². The normalized spacial score (nSPS) is 15.9. The first-order chi connectivity index (χ1) is 10.2. The van der Waals surface area contributed by atoms with Crippen LogP contribution in [-0.2, 0) is 16.0 Å². The topological polar surface area (TPSA) is 41.6 Å². The molecule has 1 aliphatic rings. The number of carbonyl (C=O) groups is 1. The number of nitrogens with one attached hydrogen (secondary N) is 1. The zero-order chi connectivity index (χ0) is 14.9. The van der Waals surface area contributed by atoms with Crippen LogP contribution in [0.4, 0.5) is 0 Å². The fraction of sp³-hybridized carbons (Fsp3) is 0.562. The molecule has 0 unspecified atom stereocenters. The van der Waals surface area contributed by atoms with Gasteiger partial charge >= 0.3 is 0 Å². The van der Waals surface area contributed by atoms with Gasteiger partial charge in [0.1, 0.15) is 0 Å². The number of amides is 1. The Hall–Kier alpha value is -1.10. The largest absolute Gasteiger partial charge is 0.379 e. The smallest absolute Gasteiger partial charge is 0.220 e. The molecule has 1 aliphatic heterocycles. The second-order valence-electron chi connectivity index (χ2n) is 5.29. The maximum atomic E-state index is 11.8. The molecule has 116 valence electrons. The van der Waals surface area contributed by atoms with Crippen LogP contribution in [-0.4, -0.2) is 50.2 Å². The van der Waals surface area contributed by atoms with E-state index in [1.54, 1.807) is 0 Å². The lowest BCUT2D eigenvalue weighted by molar-refractivity contribution is -0.121. The molecule has 1 fully saturated rings. The summed E-state index contributed by atoms with van der Waals surface area (Å²) in [5.41, 5.74) is 1.10. The van der Waals surface area contributed by atoms with Crippen molar-refractivity contribution >= 4 is 17.5 Å². The number of aryl methyl sites for hydroxylation is 1. The van der Waals surface area contributed by atoms with Crippen LogP contribution in [0.2, 0.25) is 5.02 Å². The lowest BCUT2D eigenvalue weighted by Gasteiger charge is -2.26.